The van der Waals surface area contributed by atoms with Crippen LogP contribution in [0.25, 0.3) is 0 Å². The highest BCUT2D eigenvalue weighted by Gasteiger charge is 2.17. The second-order valence-electron chi connectivity index (χ2n) is 4.36. The first-order valence-electron chi connectivity index (χ1n) is 6.64. The minimum Gasteiger partial charge on any atom is -0.497 e. The van der Waals surface area contributed by atoms with Crippen LogP contribution in [0.4, 0.5) is 5.69 Å². The van der Waals surface area contributed by atoms with E-state index >= 15 is 0 Å². The standard InChI is InChI=1S/C16H18NO4/c1-4-12-11-13(17(18)20-3)5-10-16(12)21-15-8-6-14(19-2)7-9-15/h5-11H,4H2,1-3H3/q+1. The Morgan fingerprint density at radius 1 is 1.00 bits per heavy atom. The van der Waals surface area contributed by atoms with Gasteiger partial charge in [0.25, 0.3) is 4.92 Å². The SMILES string of the molecule is CCc1cc([N+](=O)OC)ccc1Oc1ccc(OC)cc1. The van der Waals surface area contributed by atoms with Gasteiger partial charge in [-0.2, -0.15) is 0 Å². The van der Waals surface area contributed by atoms with Crippen molar-refractivity contribution in [1.29, 1.82) is 0 Å². The number of aryl methyl sites for hydroxylation is 1. The molecule has 21 heavy (non-hydrogen) atoms. The summed E-state index contributed by atoms with van der Waals surface area (Å²) in [6.45, 7) is 2.00. The van der Waals surface area contributed by atoms with Crippen molar-refractivity contribution in [2.24, 2.45) is 0 Å². The lowest BCUT2D eigenvalue weighted by Gasteiger charge is -2.10. The lowest BCUT2D eigenvalue weighted by atomic mass is 10.1. The molecular formula is C16H18NO4+. The second-order valence-corrected chi connectivity index (χ2v) is 4.36. The molecule has 2 rings (SSSR count). The zero-order chi connectivity index (χ0) is 15.2. The highest BCUT2D eigenvalue weighted by Crippen LogP contribution is 2.30. The summed E-state index contributed by atoms with van der Waals surface area (Å²) in [5.41, 5.74) is 1.37. The van der Waals surface area contributed by atoms with Crippen molar-refractivity contribution in [3.63, 3.8) is 0 Å². The Morgan fingerprint density at radius 2 is 1.67 bits per heavy atom. The molecule has 0 radical (unpaired) electrons. The van der Waals surface area contributed by atoms with E-state index in [1.54, 1.807) is 25.3 Å². The average molecular weight is 288 g/mol. The molecule has 0 aromatic heterocycles. The summed E-state index contributed by atoms with van der Waals surface area (Å²) < 4.78 is 11.0. The van der Waals surface area contributed by atoms with Gasteiger partial charge in [-0.3, -0.25) is 0 Å². The van der Waals surface area contributed by atoms with Gasteiger partial charge in [0.2, 0.25) is 0 Å². The number of ether oxygens (including phenoxy) is 2. The van der Waals surface area contributed by atoms with Crippen LogP contribution >= 0.6 is 0 Å². The Labute approximate surface area is 123 Å². The zero-order valence-electron chi connectivity index (χ0n) is 12.3. The fourth-order valence-electron chi connectivity index (χ4n) is 1.93. The minimum atomic E-state index is 0.441. The number of hydrogen-bond acceptors (Lipinski definition) is 4. The van der Waals surface area contributed by atoms with Crippen LogP contribution in [0.1, 0.15) is 12.5 Å². The van der Waals surface area contributed by atoms with Gasteiger partial charge in [-0.05, 0) is 36.8 Å². The van der Waals surface area contributed by atoms with Crippen molar-refractivity contribution in [1.82, 2.24) is 0 Å². The lowest BCUT2D eigenvalue weighted by molar-refractivity contribution is -0.736. The summed E-state index contributed by atoms with van der Waals surface area (Å²) in [6.07, 6.45) is 0.747. The third-order valence-electron chi connectivity index (χ3n) is 3.09. The van der Waals surface area contributed by atoms with Crippen LogP contribution in [0.15, 0.2) is 42.5 Å². The Bertz CT molecular complexity index is 623. The van der Waals surface area contributed by atoms with Crippen LogP contribution in [0, 0.1) is 4.91 Å². The van der Waals surface area contributed by atoms with Gasteiger partial charge in [0, 0.05) is 17.7 Å². The highest BCUT2D eigenvalue weighted by atomic mass is 16.8. The van der Waals surface area contributed by atoms with Gasteiger partial charge in [-0.25, -0.2) is 4.84 Å². The maximum Gasteiger partial charge on any atom is 0.317 e. The molecule has 0 bridgehead atoms. The van der Waals surface area contributed by atoms with Gasteiger partial charge in [-0.15, -0.1) is 0 Å². The number of benzene rings is 2. The summed E-state index contributed by atoms with van der Waals surface area (Å²) >= 11 is 0. The molecule has 2 aromatic rings. The highest BCUT2D eigenvalue weighted by molar-refractivity contribution is 5.46. The van der Waals surface area contributed by atoms with Crippen molar-refractivity contribution in [3.05, 3.63) is 52.9 Å². The molecule has 0 atom stereocenters. The van der Waals surface area contributed by atoms with Gasteiger partial charge < -0.3 is 9.47 Å². The first-order chi connectivity index (χ1) is 10.2. The van der Waals surface area contributed by atoms with Crippen LogP contribution in [0.3, 0.4) is 0 Å². The molecule has 0 aliphatic carbocycles. The first kappa shape index (κ1) is 14.8. The summed E-state index contributed by atoms with van der Waals surface area (Å²) in [5.74, 6) is 2.20. The van der Waals surface area contributed by atoms with E-state index < -0.39 is 0 Å². The quantitative estimate of drug-likeness (QED) is 0.753. The van der Waals surface area contributed by atoms with Crippen molar-refractivity contribution >= 4 is 5.69 Å². The zero-order valence-corrected chi connectivity index (χ0v) is 12.3. The Balaban J connectivity index is 2.24. The fraction of sp³-hybridized carbons (Fsp3) is 0.250. The minimum absolute atomic E-state index is 0.441. The summed E-state index contributed by atoms with van der Waals surface area (Å²) in [4.78, 5) is 16.6. The third-order valence-corrected chi connectivity index (χ3v) is 3.09. The van der Waals surface area contributed by atoms with E-state index in [-0.39, 0.29) is 0 Å². The summed E-state index contributed by atoms with van der Waals surface area (Å²) in [6, 6.07) is 12.5. The fourth-order valence-corrected chi connectivity index (χ4v) is 1.93. The number of nitrogens with zero attached hydrogens (tertiary/aromatic N) is 1. The van der Waals surface area contributed by atoms with Crippen LogP contribution in [0.2, 0.25) is 0 Å². The molecule has 5 heteroatoms. The summed E-state index contributed by atoms with van der Waals surface area (Å²) in [5, 5.41) is 0. The van der Waals surface area contributed by atoms with Gasteiger partial charge >= 0.3 is 5.69 Å². The van der Waals surface area contributed by atoms with E-state index in [1.807, 2.05) is 31.2 Å². The topological polar surface area (TPSA) is 47.8 Å². The number of methoxy groups -OCH3 is 1. The van der Waals surface area contributed by atoms with E-state index in [9.17, 15) is 4.91 Å². The Morgan fingerprint density at radius 3 is 2.24 bits per heavy atom. The largest absolute Gasteiger partial charge is 0.497 e. The van der Waals surface area contributed by atoms with E-state index in [0.717, 1.165) is 23.5 Å². The maximum atomic E-state index is 11.5. The molecule has 0 saturated heterocycles. The van der Waals surface area contributed by atoms with Crippen LogP contribution in [0.5, 0.6) is 17.2 Å². The molecule has 5 nitrogen and oxygen atoms in total. The Hall–Kier alpha value is -2.56. The van der Waals surface area contributed by atoms with Crippen molar-refractivity contribution in [3.8, 4) is 17.2 Å². The van der Waals surface area contributed by atoms with Gasteiger partial charge in [0.1, 0.15) is 17.2 Å². The molecular weight excluding hydrogens is 270 g/mol. The molecule has 0 unspecified atom stereocenters. The molecule has 0 amide bonds. The second kappa shape index (κ2) is 6.74. The lowest BCUT2D eigenvalue weighted by Crippen LogP contribution is -1.99. The van der Waals surface area contributed by atoms with Crippen LogP contribution < -0.4 is 9.47 Å². The van der Waals surface area contributed by atoms with Crippen molar-refractivity contribution in [2.45, 2.75) is 13.3 Å². The number of rotatable bonds is 6. The van der Waals surface area contributed by atoms with Gasteiger partial charge in [0.15, 0.2) is 7.11 Å². The van der Waals surface area contributed by atoms with Gasteiger partial charge in [0.05, 0.1) is 12.0 Å². The normalized spacial score (nSPS) is 10.0. The predicted molar refractivity (Wildman–Crippen MR) is 79.2 cm³/mol. The van der Waals surface area contributed by atoms with E-state index in [0.29, 0.717) is 16.4 Å². The molecule has 110 valence electrons. The molecule has 0 fully saturated rings. The molecule has 0 spiro atoms. The Kier molecular flexibility index (Phi) is 4.77. The van der Waals surface area contributed by atoms with Crippen molar-refractivity contribution < 1.29 is 19.2 Å². The molecule has 0 saturated carbocycles. The molecule has 0 aliphatic rings. The third kappa shape index (κ3) is 3.51. The number of hydrogen-bond donors (Lipinski definition) is 0. The first-order valence-corrected chi connectivity index (χ1v) is 6.64. The smallest absolute Gasteiger partial charge is 0.317 e. The van der Waals surface area contributed by atoms with Crippen LogP contribution in [-0.2, 0) is 11.3 Å². The summed E-state index contributed by atoms with van der Waals surface area (Å²) in [7, 11) is 2.95. The molecule has 0 N–H and O–H groups in total. The molecule has 0 aliphatic heterocycles. The average Bonchev–Trinajstić information content (AvgIpc) is 2.55. The monoisotopic (exact) mass is 288 g/mol. The van der Waals surface area contributed by atoms with Crippen molar-refractivity contribution in [2.75, 3.05) is 14.2 Å². The van der Waals surface area contributed by atoms with E-state index in [2.05, 4.69) is 4.84 Å². The van der Waals surface area contributed by atoms with E-state index in [4.69, 9.17) is 9.47 Å². The van der Waals surface area contributed by atoms with Crippen LogP contribution in [-0.4, -0.2) is 19.1 Å². The van der Waals surface area contributed by atoms with Gasteiger partial charge in [-0.1, -0.05) is 6.92 Å². The van der Waals surface area contributed by atoms with E-state index in [1.165, 1.54) is 7.11 Å². The molecule has 0 heterocycles. The maximum absolute atomic E-state index is 11.5. The molecule has 2 aromatic carbocycles. The predicted octanol–water partition coefficient (Wildman–Crippen LogP) is 4.02.